The van der Waals surface area contributed by atoms with Crippen molar-refractivity contribution >= 4 is 5.97 Å². The number of carboxylic acids is 1. The van der Waals surface area contributed by atoms with Crippen LogP contribution < -0.4 is 0 Å². The zero-order valence-corrected chi connectivity index (χ0v) is 10.8. The normalized spacial score (nSPS) is 10.5. The quantitative estimate of drug-likeness (QED) is 0.769. The van der Waals surface area contributed by atoms with Gasteiger partial charge in [-0.1, -0.05) is 12.1 Å². The van der Waals surface area contributed by atoms with Crippen molar-refractivity contribution < 1.29 is 15.0 Å². The summed E-state index contributed by atoms with van der Waals surface area (Å²) in [6.45, 7) is 0. The summed E-state index contributed by atoms with van der Waals surface area (Å²) in [5.41, 5.74) is 1.54. The first-order valence-electron chi connectivity index (χ1n) is 6.19. The van der Waals surface area contributed by atoms with E-state index in [1.165, 1.54) is 16.8 Å². The molecule has 6 heteroatoms. The lowest BCUT2D eigenvalue weighted by Crippen LogP contribution is -2.07. The molecule has 104 valence electrons. The summed E-state index contributed by atoms with van der Waals surface area (Å²) in [4.78, 5) is 15.3. The standard InChI is InChI=1S/C15H11N3O3/c19-14-4-2-1-3-12(14)18-13(15(20)21)9-11(17-18)10-5-7-16-8-6-10/h1-9,19H,(H,20,21). The van der Waals surface area contributed by atoms with E-state index < -0.39 is 5.97 Å². The fourth-order valence-electron chi connectivity index (χ4n) is 2.02. The van der Waals surface area contributed by atoms with Gasteiger partial charge >= 0.3 is 5.97 Å². The molecule has 0 atom stereocenters. The van der Waals surface area contributed by atoms with Crippen molar-refractivity contribution in [3.8, 4) is 22.7 Å². The molecule has 0 aliphatic heterocycles. The predicted octanol–water partition coefficient (Wildman–Crippen LogP) is 2.34. The van der Waals surface area contributed by atoms with Gasteiger partial charge in [0.25, 0.3) is 0 Å². The molecule has 2 N–H and O–H groups in total. The Morgan fingerprint density at radius 1 is 1.10 bits per heavy atom. The number of carbonyl (C=O) groups is 1. The maximum atomic E-state index is 11.4. The topological polar surface area (TPSA) is 88.2 Å². The highest BCUT2D eigenvalue weighted by atomic mass is 16.4. The highest BCUT2D eigenvalue weighted by Crippen LogP contribution is 2.25. The number of aromatic carboxylic acids is 1. The number of hydrogen-bond acceptors (Lipinski definition) is 4. The van der Waals surface area contributed by atoms with Gasteiger partial charge < -0.3 is 10.2 Å². The second-order valence-electron chi connectivity index (χ2n) is 4.36. The smallest absolute Gasteiger partial charge is 0.354 e. The fraction of sp³-hybridized carbons (Fsp3) is 0. The molecule has 0 amide bonds. The van der Waals surface area contributed by atoms with Crippen molar-refractivity contribution in [1.29, 1.82) is 0 Å². The van der Waals surface area contributed by atoms with Crippen molar-refractivity contribution in [3.05, 3.63) is 60.6 Å². The minimum Gasteiger partial charge on any atom is -0.506 e. The number of pyridine rings is 1. The molecule has 0 aliphatic rings. The molecular formula is C15H11N3O3. The van der Waals surface area contributed by atoms with E-state index in [0.29, 0.717) is 11.4 Å². The van der Waals surface area contributed by atoms with Gasteiger partial charge in [0.05, 0.1) is 5.69 Å². The monoisotopic (exact) mass is 281 g/mol. The van der Waals surface area contributed by atoms with Crippen LogP contribution in [-0.4, -0.2) is 30.9 Å². The Morgan fingerprint density at radius 2 is 1.81 bits per heavy atom. The first-order valence-corrected chi connectivity index (χ1v) is 6.19. The van der Waals surface area contributed by atoms with Gasteiger partial charge in [0.1, 0.15) is 11.4 Å². The number of para-hydroxylation sites is 2. The second kappa shape index (κ2) is 5.09. The molecule has 1 aromatic carbocycles. The number of rotatable bonds is 3. The van der Waals surface area contributed by atoms with Crippen LogP contribution in [0.2, 0.25) is 0 Å². The highest BCUT2D eigenvalue weighted by Gasteiger charge is 2.18. The minimum atomic E-state index is -1.12. The second-order valence-corrected chi connectivity index (χ2v) is 4.36. The van der Waals surface area contributed by atoms with Crippen molar-refractivity contribution in [1.82, 2.24) is 14.8 Å². The zero-order valence-electron chi connectivity index (χ0n) is 10.8. The van der Waals surface area contributed by atoms with Crippen LogP contribution in [0, 0.1) is 0 Å². The zero-order chi connectivity index (χ0) is 14.8. The maximum absolute atomic E-state index is 11.4. The summed E-state index contributed by atoms with van der Waals surface area (Å²) in [5.74, 6) is -1.16. The number of carboxylic acid groups (broad SMARTS) is 1. The summed E-state index contributed by atoms with van der Waals surface area (Å²) in [7, 11) is 0. The van der Waals surface area contributed by atoms with Crippen LogP contribution in [0.1, 0.15) is 10.5 Å². The molecule has 6 nitrogen and oxygen atoms in total. The lowest BCUT2D eigenvalue weighted by Gasteiger charge is -2.06. The van der Waals surface area contributed by atoms with Crippen LogP contribution in [0.5, 0.6) is 5.75 Å². The van der Waals surface area contributed by atoms with E-state index in [4.69, 9.17) is 0 Å². The van der Waals surface area contributed by atoms with E-state index in [-0.39, 0.29) is 11.4 Å². The SMILES string of the molecule is O=C(O)c1cc(-c2ccncc2)nn1-c1ccccc1O. The average Bonchev–Trinajstić information content (AvgIpc) is 2.94. The fourth-order valence-corrected chi connectivity index (χ4v) is 2.02. The summed E-state index contributed by atoms with van der Waals surface area (Å²) < 4.78 is 1.22. The van der Waals surface area contributed by atoms with Crippen molar-refractivity contribution in [2.24, 2.45) is 0 Å². The Labute approximate surface area is 119 Å². The van der Waals surface area contributed by atoms with E-state index in [1.807, 2.05) is 0 Å². The highest BCUT2D eigenvalue weighted by molar-refractivity contribution is 5.88. The van der Waals surface area contributed by atoms with Gasteiger partial charge in [-0.25, -0.2) is 9.48 Å². The summed E-state index contributed by atoms with van der Waals surface area (Å²) in [5, 5.41) is 23.5. The number of aromatic hydroxyl groups is 1. The van der Waals surface area contributed by atoms with Gasteiger partial charge in [-0.05, 0) is 30.3 Å². The van der Waals surface area contributed by atoms with E-state index in [2.05, 4.69) is 10.1 Å². The average molecular weight is 281 g/mol. The van der Waals surface area contributed by atoms with Gasteiger partial charge in [-0.2, -0.15) is 5.10 Å². The number of hydrogen-bond donors (Lipinski definition) is 2. The lowest BCUT2D eigenvalue weighted by molar-refractivity contribution is 0.0687. The molecule has 0 unspecified atom stereocenters. The molecule has 0 saturated carbocycles. The molecule has 0 spiro atoms. The molecule has 21 heavy (non-hydrogen) atoms. The first-order chi connectivity index (χ1) is 10.2. The van der Waals surface area contributed by atoms with Crippen molar-refractivity contribution in [3.63, 3.8) is 0 Å². The molecule has 0 fully saturated rings. The predicted molar refractivity (Wildman–Crippen MR) is 75.4 cm³/mol. The van der Waals surface area contributed by atoms with Crippen molar-refractivity contribution in [2.75, 3.05) is 0 Å². The molecule has 3 aromatic rings. The molecule has 0 saturated heterocycles. The van der Waals surface area contributed by atoms with Gasteiger partial charge in [-0.3, -0.25) is 4.98 Å². The largest absolute Gasteiger partial charge is 0.506 e. The van der Waals surface area contributed by atoms with Crippen molar-refractivity contribution in [2.45, 2.75) is 0 Å². The van der Waals surface area contributed by atoms with E-state index in [0.717, 1.165) is 5.56 Å². The number of aromatic nitrogens is 3. The van der Waals surface area contributed by atoms with Crippen LogP contribution in [0.4, 0.5) is 0 Å². The van der Waals surface area contributed by atoms with Gasteiger partial charge in [-0.15, -0.1) is 0 Å². The first kappa shape index (κ1) is 12.9. The number of phenolic OH excluding ortho intramolecular Hbond substituents is 1. The summed E-state index contributed by atoms with van der Waals surface area (Å²) >= 11 is 0. The molecule has 2 heterocycles. The van der Waals surface area contributed by atoms with E-state index in [1.54, 1.807) is 42.7 Å². The third kappa shape index (κ3) is 2.34. The van der Waals surface area contributed by atoms with Crippen LogP contribution in [0.25, 0.3) is 16.9 Å². The van der Waals surface area contributed by atoms with Gasteiger partial charge in [0.2, 0.25) is 0 Å². The van der Waals surface area contributed by atoms with E-state index >= 15 is 0 Å². The van der Waals surface area contributed by atoms with Gasteiger partial charge in [0, 0.05) is 18.0 Å². The molecule has 0 aliphatic carbocycles. The molecule has 3 rings (SSSR count). The third-order valence-corrected chi connectivity index (χ3v) is 3.01. The molecular weight excluding hydrogens is 270 g/mol. The number of nitrogens with zero attached hydrogens (tertiary/aromatic N) is 3. The molecule has 2 aromatic heterocycles. The lowest BCUT2D eigenvalue weighted by atomic mass is 10.2. The van der Waals surface area contributed by atoms with Crippen LogP contribution in [0.15, 0.2) is 54.9 Å². The Bertz CT molecular complexity index is 797. The number of phenols is 1. The summed E-state index contributed by atoms with van der Waals surface area (Å²) in [6, 6.07) is 11.4. The van der Waals surface area contributed by atoms with Crippen LogP contribution in [0.3, 0.4) is 0 Å². The Kier molecular flexibility index (Phi) is 3.12. The Hall–Kier alpha value is -3.15. The number of benzene rings is 1. The Morgan fingerprint density at radius 3 is 2.48 bits per heavy atom. The van der Waals surface area contributed by atoms with Crippen LogP contribution >= 0.6 is 0 Å². The Balaban J connectivity index is 2.19. The van der Waals surface area contributed by atoms with Gasteiger partial charge in [0.15, 0.2) is 5.69 Å². The van der Waals surface area contributed by atoms with Crippen LogP contribution in [-0.2, 0) is 0 Å². The third-order valence-electron chi connectivity index (χ3n) is 3.01. The maximum Gasteiger partial charge on any atom is 0.354 e. The molecule has 0 radical (unpaired) electrons. The molecule has 0 bridgehead atoms. The van der Waals surface area contributed by atoms with E-state index in [9.17, 15) is 15.0 Å². The summed E-state index contributed by atoms with van der Waals surface area (Å²) in [6.07, 6.45) is 3.21. The minimum absolute atomic E-state index is 0.0247.